The number of nitrogens with zero attached hydrogens (tertiary/aromatic N) is 2. The molecule has 0 saturated carbocycles. The Balaban J connectivity index is 1.57. The van der Waals surface area contributed by atoms with Crippen LogP contribution in [0.15, 0.2) is 51.7 Å². The number of halogens is 1. The molecule has 5 rings (SSSR count). The molecular formula is C32H38BClN4O4. The highest BCUT2D eigenvalue weighted by atomic mass is 35.5. The van der Waals surface area contributed by atoms with Crippen molar-refractivity contribution in [1.82, 2.24) is 4.98 Å². The van der Waals surface area contributed by atoms with Gasteiger partial charge in [0, 0.05) is 30.8 Å². The lowest BCUT2D eigenvalue weighted by molar-refractivity contribution is 0.274. The molecule has 0 radical (unpaired) electrons. The molecule has 1 fully saturated rings. The minimum atomic E-state index is -1.63. The Hall–Kier alpha value is -3.37. The van der Waals surface area contributed by atoms with E-state index in [1.165, 1.54) is 0 Å². The van der Waals surface area contributed by atoms with Gasteiger partial charge in [-0.1, -0.05) is 43.6 Å². The highest BCUT2D eigenvalue weighted by molar-refractivity contribution is 6.59. The van der Waals surface area contributed by atoms with Crippen molar-refractivity contribution in [2.75, 3.05) is 23.3 Å². The van der Waals surface area contributed by atoms with E-state index in [1.54, 1.807) is 24.3 Å². The number of aromatic nitrogens is 1. The van der Waals surface area contributed by atoms with E-state index in [0.29, 0.717) is 44.3 Å². The predicted octanol–water partition coefficient (Wildman–Crippen LogP) is 5.06. The number of nitrogens with one attached hydrogen (secondary N) is 1. The molecule has 0 amide bonds. The molecule has 0 spiro atoms. The molecule has 1 saturated heterocycles. The van der Waals surface area contributed by atoms with Gasteiger partial charge in [0.2, 0.25) is 5.88 Å². The van der Waals surface area contributed by atoms with E-state index in [-0.39, 0.29) is 23.4 Å². The molecule has 1 unspecified atom stereocenters. The van der Waals surface area contributed by atoms with Gasteiger partial charge in [-0.15, -0.1) is 0 Å². The van der Waals surface area contributed by atoms with Gasteiger partial charge in [0.1, 0.15) is 10.7 Å². The Morgan fingerprint density at radius 2 is 1.86 bits per heavy atom. The van der Waals surface area contributed by atoms with Crippen LogP contribution in [-0.2, 0) is 6.54 Å². The van der Waals surface area contributed by atoms with Crippen LogP contribution in [0.5, 0.6) is 0 Å². The van der Waals surface area contributed by atoms with Crippen molar-refractivity contribution in [2.24, 2.45) is 11.1 Å². The highest BCUT2D eigenvalue weighted by Gasteiger charge is 2.29. The quantitative estimate of drug-likeness (QED) is 0.174. The molecule has 1 aliphatic rings. The Bertz CT molecular complexity index is 1690. The lowest BCUT2D eigenvalue weighted by Gasteiger charge is -2.37. The molecule has 2 aromatic carbocycles. The number of anilines is 2. The molecule has 1 atom stereocenters. The minimum Gasteiger partial charge on any atom is -0.440 e. The van der Waals surface area contributed by atoms with Gasteiger partial charge in [0.25, 0.3) is 0 Å². The van der Waals surface area contributed by atoms with Crippen LogP contribution >= 0.6 is 11.6 Å². The average Bonchev–Trinajstić information content (AvgIpc) is 2.95. The summed E-state index contributed by atoms with van der Waals surface area (Å²) < 4.78 is 6.61. The number of rotatable bonds is 7. The normalized spacial score (nSPS) is 15.6. The van der Waals surface area contributed by atoms with E-state index in [1.807, 2.05) is 39.0 Å². The fraction of sp³-hybridized carbons (Fsp3) is 0.375. The first-order chi connectivity index (χ1) is 19.9. The molecule has 8 nitrogen and oxygen atoms in total. The lowest BCUT2D eigenvalue weighted by atomic mass is 9.76. The summed E-state index contributed by atoms with van der Waals surface area (Å²) in [5.41, 5.74) is 12.2. The molecule has 10 heteroatoms. The van der Waals surface area contributed by atoms with E-state index in [0.717, 1.165) is 48.3 Å². The molecule has 4 aromatic rings. The predicted molar refractivity (Wildman–Crippen MR) is 172 cm³/mol. The third-order valence-electron chi connectivity index (χ3n) is 8.39. The summed E-state index contributed by atoms with van der Waals surface area (Å²) >= 11 is 6.32. The van der Waals surface area contributed by atoms with E-state index in [2.05, 4.69) is 29.0 Å². The Labute approximate surface area is 251 Å². The van der Waals surface area contributed by atoms with Crippen molar-refractivity contribution in [3.05, 3.63) is 80.1 Å². The Kier molecular flexibility index (Phi) is 8.40. The summed E-state index contributed by atoms with van der Waals surface area (Å²) in [6.07, 6.45) is 2.06. The second-order valence-electron chi connectivity index (χ2n) is 12.1. The summed E-state index contributed by atoms with van der Waals surface area (Å²) in [7, 11) is -1.63. The molecule has 0 bridgehead atoms. The Morgan fingerprint density at radius 3 is 2.52 bits per heavy atom. The topological polar surface area (TPSA) is 125 Å². The van der Waals surface area contributed by atoms with Crippen LogP contribution in [0.25, 0.3) is 22.2 Å². The summed E-state index contributed by atoms with van der Waals surface area (Å²) in [5, 5.41) is 23.9. The monoisotopic (exact) mass is 588 g/mol. The van der Waals surface area contributed by atoms with Gasteiger partial charge in [0.15, 0.2) is 5.43 Å². The van der Waals surface area contributed by atoms with Crippen molar-refractivity contribution in [3.63, 3.8) is 0 Å². The molecule has 220 valence electrons. The smallest absolute Gasteiger partial charge is 0.440 e. The van der Waals surface area contributed by atoms with Gasteiger partial charge in [0.05, 0.1) is 28.4 Å². The molecule has 2 aromatic heterocycles. The van der Waals surface area contributed by atoms with Gasteiger partial charge >= 0.3 is 7.12 Å². The Morgan fingerprint density at radius 1 is 1.14 bits per heavy atom. The standard InChI is InChI=1S/C32H38BClN4O4/c1-18-14-23(30-24(15-18)29(39)19(2)31(42-30)38-12-10-32(4,5)11-13-38)20(3)36-26-8-9-27(34)37-28(26)21-6-7-25(33(40)41)22(16-21)17-35/h6-9,14-16,20,36,40-41H,10-13,17,35H2,1-5H3. The molecular weight excluding hydrogens is 551 g/mol. The number of benzene rings is 2. The van der Waals surface area contributed by atoms with Crippen LogP contribution < -0.4 is 26.8 Å². The first-order valence-corrected chi connectivity index (χ1v) is 14.7. The van der Waals surface area contributed by atoms with Crippen molar-refractivity contribution in [3.8, 4) is 11.3 Å². The molecule has 3 heterocycles. The number of aryl methyl sites for hydroxylation is 1. The van der Waals surface area contributed by atoms with E-state index >= 15 is 0 Å². The maximum absolute atomic E-state index is 13.6. The SMILES string of the molecule is Cc1cc(C(C)Nc2ccc(Cl)nc2-c2ccc(B(O)O)c(CN)c2)c2oc(N3CCC(C)(C)CC3)c(C)c(=O)c2c1. The fourth-order valence-corrected chi connectivity index (χ4v) is 5.91. The summed E-state index contributed by atoms with van der Waals surface area (Å²) in [4.78, 5) is 20.4. The molecule has 5 N–H and O–H groups in total. The number of fused-ring (bicyclic) bond motifs is 1. The number of hydrogen-bond acceptors (Lipinski definition) is 8. The zero-order valence-corrected chi connectivity index (χ0v) is 25.5. The van der Waals surface area contributed by atoms with Gasteiger partial charge in [-0.3, -0.25) is 4.79 Å². The van der Waals surface area contributed by atoms with Crippen molar-refractivity contribution in [2.45, 2.75) is 60.0 Å². The van der Waals surface area contributed by atoms with Crippen molar-refractivity contribution in [1.29, 1.82) is 0 Å². The lowest BCUT2D eigenvalue weighted by Crippen LogP contribution is -2.38. The third-order valence-corrected chi connectivity index (χ3v) is 8.60. The first-order valence-electron chi connectivity index (χ1n) is 14.3. The van der Waals surface area contributed by atoms with Gasteiger partial charge in [-0.25, -0.2) is 4.98 Å². The number of nitrogens with two attached hydrogens (primary N) is 1. The van der Waals surface area contributed by atoms with Crippen LogP contribution in [0.1, 0.15) is 61.9 Å². The largest absolute Gasteiger partial charge is 0.488 e. The summed E-state index contributed by atoms with van der Waals surface area (Å²) in [5.74, 6) is 0.648. The molecule has 1 aliphatic heterocycles. The number of pyridine rings is 1. The number of hydrogen-bond donors (Lipinski definition) is 4. The van der Waals surface area contributed by atoms with Gasteiger partial charge in [-0.2, -0.15) is 0 Å². The fourth-order valence-electron chi connectivity index (χ4n) is 5.76. The minimum absolute atomic E-state index is 0.0115. The van der Waals surface area contributed by atoms with Gasteiger partial charge < -0.3 is 30.4 Å². The van der Waals surface area contributed by atoms with Crippen LogP contribution in [0.2, 0.25) is 5.15 Å². The summed E-state index contributed by atoms with van der Waals surface area (Å²) in [6.45, 7) is 12.2. The van der Waals surface area contributed by atoms with E-state index in [4.69, 9.17) is 21.8 Å². The zero-order valence-electron chi connectivity index (χ0n) is 24.8. The van der Waals surface area contributed by atoms with E-state index < -0.39 is 7.12 Å². The van der Waals surface area contributed by atoms with Crippen LogP contribution in [0, 0.1) is 19.3 Å². The van der Waals surface area contributed by atoms with Crippen molar-refractivity contribution >= 4 is 46.7 Å². The van der Waals surface area contributed by atoms with Gasteiger partial charge in [-0.05, 0) is 79.9 Å². The van der Waals surface area contributed by atoms with Crippen molar-refractivity contribution < 1.29 is 14.5 Å². The molecule has 0 aliphatic carbocycles. The number of piperidine rings is 1. The average molecular weight is 589 g/mol. The second-order valence-corrected chi connectivity index (χ2v) is 12.5. The van der Waals surface area contributed by atoms with E-state index in [9.17, 15) is 14.8 Å². The summed E-state index contributed by atoms with van der Waals surface area (Å²) in [6, 6.07) is 12.4. The van der Waals surface area contributed by atoms with Crippen LogP contribution in [-0.4, -0.2) is 35.2 Å². The zero-order chi connectivity index (χ0) is 30.3. The first kappa shape index (κ1) is 30.1. The maximum Gasteiger partial charge on any atom is 0.488 e. The maximum atomic E-state index is 13.6. The van der Waals surface area contributed by atoms with Crippen LogP contribution in [0.4, 0.5) is 11.6 Å². The van der Waals surface area contributed by atoms with Crippen LogP contribution in [0.3, 0.4) is 0 Å². The highest BCUT2D eigenvalue weighted by Crippen LogP contribution is 2.37. The third kappa shape index (κ3) is 5.92. The second kappa shape index (κ2) is 11.7. The molecule has 42 heavy (non-hydrogen) atoms.